The topological polar surface area (TPSA) is 131 Å². The first-order valence-corrected chi connectivity index (χ1v) is 5.43. The van der Waals surface area contributed by atoms with E-state index in [0.29, 0.717) is 5.56 Å². The summed E-state index contributed by atoms with van der Waals surface area (Å²) in [4.78, 5) is 14.9. The predicted octanol–water partition coefficient (Wildman–Crippen LogP) is -2.25. The number of aliphatic hydroxyl groups is 3. The van der Waals surface area contributed by atoms with Crippen LogP contribution in [0.2, 0.25) is 0 Å². The molecule has 5 N–H and O–H groups in total. The van der Waals surface area contributed by atoms with Crippen molar-refractivity contribution in [1.82, 2.24) is 9.55 Å². The number of hydrogen-bond acceptors (Lipinski definition) is 7. The molecule has 1 aliphatic heterocycles. The lowest BCUT2D eigenvalue weighted by atomic mass is 10.1. The first-order valence-electron chi connectivity index (χ1n) is 5.43. The molecule has 1 aromatic heterocycles. The fraction of sp³-hybridized carbons (Fsp3) is 0.600. The molecule has 100 valence electrons. The molecule has 8 heteroatoms. The molecular weight excluding hydrogens is 242 g/mol. The largest absolute Gasteiger partial charge is 0.394 e. The second kappa shape index (κ2) is 4.65. The summed E-state index contributed by atoms with van der Waals surface area (Å²) in [7, 11) is 0. The van der Waals surface area contributed by atoms with E-state index >= 15 is 0 Å². The number of ether oxygens (including phenoxy) is 1. The van der Waals surface area contributed by atoms with E-state index in [0.717, 1.165) is 0 Å². The Bertz CT molecular complexity index is 503. The summed E-state index contributed by atoms with van der Waals surface area (Å²) in [5.41, 5.74) is 5.45. The molecule has 0 unspecified atom stereocenters. The van der Waals surface area contributed by atoms with E-state index in [1.807, 2.05) is 0 Å². The van der Waals surface area contributed by atoms with Crippen LogP contribution >= 0.6 is 0 Å². The molecule has 0 amide bonds. The van der Waals surface area contributed by atoms with E-state index in [2.05, 4.69) is 4.98 Å². The van der Waals surface area contributed by atoms with Gasteiger partial charge in [0.05, 0.1) is 6.61 Å². The Morgan fingerprint density at radius 3 is 2.72 bits per heavy atom. The van der Waals surface area contributed by atoms with Crippen molar-refractivity contribution in [3.8, 4) is 0 Å². The van der Waals surface area contributed by atoms with Gasteiger partial charge >= 0.3 is 0 Å². The fourth-order valence-electron chi connectivity index (χ4n) is 1.89. The van der Waals surface area contributed by atoms with Gasteiger partial charge < -0.3 is 25.8 Å². The lowest BCUT2D eigenvalue weighted by molar-refractivity contribution is -0.0523. The van der Waals surface area contributed by atoms with Gasteiger partial charge in [0.15, 0.2) is 6.23 Å². The predicted molar refractivity (Wildman–Crippen MR) is 60.7 cm³/mol. The maximum atomic E-state index is 11.3. The van der Waals surface area contributed by atoms with Crippen LogP contribution in [0.15, 0.2) is 11.0 Å². The van der Waals surface area contributed by atoms with Crippen LogP contribution in [0.4, 0.5) is 5.95 Å². The Morgan fingerprint density at radius 1 is 1.50 bits per heavy atom. The molecule has 0 radical (unpaired) electrons. The molecule has 18 heavy (non-hydrogen) atoms. The molecule has 2 rings (SSSR count). The van der Waals surface area contributed by atoms with E-state index in [9.17, 15) is 15.0 Å². The smallest absolute Gasteiger partial charge is 0.277 e. The molecule has 4 atom stereocenters. The summed E-state index contributed by atoms with van der Waals surface area (Å²) in [6.45, 7) is 1.12. The van der Waals surface area contributed by atoms with Gasteiger partial charge in [0.1, 0.15) is 18.3 Å². The number of aromatic nitrogens is 2. The molecule has 1 aromatic rings. The third kappa shape index (κ3) is 1.99. The zero-order valence-electron chi connectivity index (χ0n) is 9.72. The van der Waals surface area contributed by atoms with Crippen molar-refractivity contribution >= 4 is 5.95 Å². The summed E-state index contributed by atoms with van der Waals surface area (Å²) >= 11 is 0. The molecule has 0 aromatic carbocycles. The van der Waals surface area contributed by atoms with Gasteiger partial charge in [-0.15, -0.1) is 0 Å². The summed E-state index contributed by atoms with van der Waals surface area (Å²) in [5.74, 6) is -0.125. The van der Waals surface area contributed by atoms with E-state index < -0.39 is 36.7 Å². The van der Waals surface area contributed by atoms with Crippen molar-refractivity contribution in [3.05, 3.63) is 22.1 Å². The third-order valence-electron chi connectivity index (χ3n) is 2.94. The van der Waals surface area contributed by atoms with Gasteiger partial charge in [0, 0.05) is 11.8 Å². The van der Waals surface area contributed by atoms with Gasteiger partial charge in [-0.1, -0.05) is 0 Å². The highest BCUT2D eigenvalue weighted by Crippen LogP contribution is 2.30. The monoisotopic (exact) mass is 257 g/mol. The second-order valence-corrected chi connectivity index (χ2v) is 4.22. The van der Waals surface area contributed by atoms with Crippen LogP contribution in [0.3, 0.4) is 0 Å². The lowest BCUT2D eigenvalue weighted by Gasteiger charge is -2.20. The number of nitrogens with two attached hydrogens (primary N) is 1. The number of nitrogens with zero attached hydrogens (tertiary/aromatic N) is 2. The van der Waals surface area contributed by atoms with Crippen LogP contribution < -0.4 is 11.3 Å². The van der Waals surface area contributed by atoms with E-state index in [-0.39, 0.29) is 5.95 Å². The Kier molecular flexibility index (Phi) is 3.35. The minimum absolute atomic E-state index is 0.125. The number of nitrogen functional groups attached to an aromatic ring is 1. The van der Waals surface area contributed by atoms with Gasteiger partial charge in [-0.05, 0) is 6.92 Å². The van der Waals surface area contributed by atoms with Gasteiger partial charge in [-0.2, -0.15) is 4.98 Å². The SMILES string of the molecule is Cc1cn([C@@H]2O[C@H](CO)[C@@H](O)[C@H]2O)c(N)nc1=O. The van der Waals surface area contributed by atoms with Crippen molar-refractivity contribution < 1.29 is 20.1 Å². The molecule has 1 fully saturated rings. The van der Waals surface area contributed by atoms with E-state index in [4.69, 9.17) is 15.6 Å². The second-order valence-electron chi connectivity index (χ2n) is 4.22. The average Bonchev–Trinajstić information content (AvgIpc) is 2.61. The normalized spacial score (nSPS) is 31.8. The summed E-state index contributed by atoms with van der Waals surface area (Å²) < 4.78 is 6.55. The number of aliphatic hydroxyl groups excluding tert-OH is 3. The van der Waals surface area contributed by atoms with Crippen LogP contribution in [0.1, 0.15) is 11.8 Å². The molecule has 1 aliphatic rings. The third-order valence-corrected chi connectivity index (χ3v) is 2.94. The minimum Gasteiger partial charge on any atom is -0.394 e. The molecular formula is C10H15N3O5. The van der Waals surface area contributed by atoms with E-state index in [1.54, 1.807) is 6.92 Å². The highest BCUT2D eigenvalue weighted by Gasteiger charge is 2.43. The maximum absolute atomic E-state index is 11.3. The molecule has 2 heterocycles. The van der Waals surface area contributed by atoms with Crippen LogP contribution in [0.5, 0.6) is 0 Å². The van der Waals surface area contributed by atoms with Crippen molar-refractivity contribution in [3.63, 3.8) is 0 Å². The van der Waals surface area contributed by atoms with Gasteiger partial charge in [0.25, 0.3) is 5.56 Å². The Balaban J connectivity index is 2.38. The summed E-state index contributed by atoms with van der Waals surface area (Å²) in [6.07, 6.45) is -2.97. The first-order chi connectivity index (χ1) is 8.45. The minimum atomic E-state index is -1.26. The van der Waals surface area contributed by atoms with E-state index in [1.165, 1.54) is 10.8 Å². The quantitative estimate of drug-likeness (QED) is 0.470. The first kappa shape index (κ1) is 13.0. The van der Waals surface area contributed by atoms with Crippen LogP contribution in [-0.2, 0) is 4.74 Å². The summed E-state index contributed by atoms with van der Waals surface area (Å²) in [6, 6.07) is 0. The van der Waals surface area contributed by atoms with Gasteiger partial charge in [-0.3, -0.25) is 9.36 Å². The fourth-order valence-corrected chi connectivity index (χ4v) is 1.89. The Labute approximate surface area is 102 Å². The Morgan fingerprint density at radius 2 is 2.17 bits per heavy atom. The molecule has 0 saturated carbocycles. The number of anilines is 1. The van der Waals surface area contributed by atoms with Crippen molar-refractivity contribution in [2.45, 2.75) is 31.5 Å². The van der Waals surface area contributed by atoms with Crippen LogP contribution in [0.25, 0.3) is 0 Å². The Hall–Kier alpha value is -1.48. The summed E-state index contributed by atoms with van der Waals surface area (Å²) in [5, 5.41) is 28.4. The number of rotatable bonds is 2. The highest BCUT2D eigenvalue weighted by molar-refractivity contribution is 5.21. The van der Waals surface area contributed by atoms with Crippen molar-refractivity contribution in [2.24, 2.45) is 0 Å². The van der Waals surface area contributed by atoms with Crippen molar-refractivity contribution in [1.29, 1.82) is 0 Å². The standard InChI is InChI=1S/C10H15N3O5/c1-4-2-13(10(11)12-8(4)17)9-7(16)6(15)5(3-14)18-9/h2,5-7,9,14-16H,3H2,1H3,(H2,11,12,17)/t5-,6-,7-,9-/m1/s1. The molecule has 0 aliphatic carbocycles. The van der Waals surface area contributed by atoms with Crippen LogP contribution in [0, 0.1) is 6.92 Å². The molecule has 0 bridgehead atoms. The number of hydrogen-bond donors (Lipinski definition) is 4. The maximum Gasteiger partial charge on any atom is 0.277 e. The molecule has 1 saturated heterocycles. The zero-order chi connectivity index (χ0) is 13.4. The van der Waals surface area contributed by atoms with Gasteiger partial charge in [-0.25, -0.2) is 0 Å². The molecule has 8 nitrogen and oxygen atoms in total. The van der Waals surface area contributed by atoms with Gasteiger partial charge in [0.2, 0.25) is 5.95 Å². The van der Waals surface area contributed by atoms with Crippen molar-refractivity contribution in [2.75, 3.05) is 12.3 Å². The highest BCUT2D eigenvalue weighted by atomic mass is 16.6. The number of aryl methyl sites for hydroxylation is 1. The zero-order valence-corrected chi connectivity index (χ0v) is 9.72. The lowest BCUT2D eigenvalue weighted by Crippen LogP contribution is -2.33. The molecule has 0 spiro atoms. The average molecular weight is 257 g/mol. The van der Waals surface area contributed by atoms with Crippen LogP contribution in [-0.4, -0.2) is 49.8 Å².